The molecule has 0 radical (unpaired) electrons. The highest BCUT2D eigenvalue weighted by Gasteiger charge is 2.44. The normalized spacial score (nSPS) is 16.7. The molecule has 0 bridgehead atoms. The van der Waals surface area contributed by atoms with Crippen LogP contribution in [0.2, 0.25) is 0 Å². The van der Waals surface area contributed by atoms with Crippen molar-refractivity contribution in [2.24, 2.45) is 0 Å². The summed E-state index contributed by atoms with van der Waals surface area (Å²) in [5.41, 5.74) is 1.79. The van der Waals surface area contributed by atoms with E-state index in [4.69, 9.17) is 9.47 Å². The molecule has 1 saturated carbocycles. The quantitative estimate of drug-likeness (QED) is 0.638. The molecule has 6 heteroatoms. The average Bonchev–Trinajstić information content (AvgIpc) is 3.39. The summed E-state index contributed by atoms with van der Waals surface area (Å²) in [6.07, 6.45) is 6.17. The summed E-state index contributed by atoms with van der Waals surface area (Å²) in [7, 11) is 0. The first-order valence-corrected chi connectivity index (χ1v) is 10.7. The van der Waals surface area contributed by atoms with Gasteiger partial charge in [0.25, 0.3) is 5.79 Å². The number of carbonyl (C=O) groups is 1. The highest BCUT2D eigenvalue weighted by molar-refractivity contribution is 7.18. The maximum absolute atomic E-state index is 12.3. The van der Waals surface area contributed by atoms with Crippen LogP contribution in [0.25, 0.3) is 10.2 Å². The Bertz CT molecular complexity index is 991. The summed E-state index contributed by atoms with van der Waals surface area (Å²) in [5, 5.41) is 4.05. The Labute approximate surface area is 167 Å². The number of amides is 1. The van der Waals surface area contributed by atoms with E-state index in [0.29, 0.717) is 6.42 Å². The number of nitrogens with zero attached hydrogens (tertiary/aromatic N) is 1. The smallest absolute Gasteiger partial charge is 0.251 e. The molecule has 1 spiro atoms. The Hall–Kier alpha value is -2.60. The number of hydrogen-bond donors (Lipinski definition) is 1. The van der Waals surface area contributed by atoms with Crippen LogP contribution in [-0.4, -0.2) is 16.7 Å². The fraction of sp³-hybridized carbons (Fsp3) is 0.364. The van der Waals surface area contributed by atoms with Crippen LogP contribution in [-0.2, 0) is 11.2 Å². The number of aromatic nitrogens is 1. The molecule has 2 heterocycles. The molecular formula is C22H22N2O3S. The van der Waals surface area contributed by atoms with Gasteiger partial charge < -0.3 is 14.8 Å². The van der Waals surface area contributed by atoms with Crippen LogP contribution in [0.15, 0.2) is 42.5 Å². The molecule has 144 valence electrons. The molecule has 0 saturated heterocycles. The molecule has 5 nitrogen and oxygen atoms in total. The minimum Gasteiger partial charge on any atom is -0.448 e. The number of nitrogens with one attached hydrogen (secondary N) is 1. The molecule has 5 rings (SSSR count). The Morgan fingerprint density at radius 1 is 1.11 bits per heavy atom. The molecule has 3 aromatic rings. The summed E-state index contributed by atoms with van der Waals surface area (Å²) in [6.45, 7) is 0. The molecule has 2 aliphatic rings. The second kappa shape index (κ2) is 7.09. The standard InChI is InChI=1S/C22H22N2O3S/c25-20(8-5-9-21-24-16-6-1-2-7-19(16)28-21)23-15-10-11-17-18(14-15)27-22(26-17)12-3-4-13-22/h1-2,6-7,10-11,14H,3-5,8-9,12-13H2,(H,23,25). The second-order valence-corrected chi connectivity index (χ2v) is 8.58. The lowest BCUT2D eigenvalue weighted by Crippen LogP contribution is -2.34. The van der Waals surface area contributed by atoms with Gasteiger partial charge in [-0.25, -0.2) is 4.98 Å². The number of aryl methyl sites for hydroxylation is 1. The van der Waals surface area contributed by atoms with Gasteiger partial charge in [0.15, 0.2) is 11.5 Å². The van der Waals surface area contributed by atoms with Gasteiger partial charge in [-0.15, -0.1) is 11.3 Å². The van der Waals surface area contributed by atoms with Gasteiger partial charge in [0, 0.05) is 31.0 Å². The molecular weight excluding hydrogens is 372 g/mol. The average molecular weight is 394 g/mol. The van der Waals surface area contributed by atoms with E-state index in [2.05, 4.69) is 16.4 Å². The number of anilines is 1. The molecule has 2 aromatic carbocycles. The predicted molar refractivity (Wildman–Crippen MR) is 110 cm³/mol. The monoisotopic (exact) mass is 394 g/mol. The zero-order chi connectivity index (χ0) is 19.0. The molecule has 1 aliphatic heterocycles. The van der Waals surface area contributed by atoms with Crippen molar-refractivity contribution in [2.75, 3.05) is 5.32 Å². The largest absolute Gasteiger partial charge is 0.448 e. The molecule has 1 amide bonds. The van der Waals surface area contributed by atoms with Gasteiger partial charge in [0.1, 0.15) is 0 Å². The highest BCUT2D eigenvalue weighted by atomic mass is 32.1. The lowest BCUT2D eigenvalue weighted by atomic mass is 10.2. The fourth-order valence-corrected chi connectivity index (χ4v) is 4.95. The number of carbonyl (C=O) groups excluding carboxylic acids is 1. The first-order valence-electron chi connectivity index (χ1n) is 9.86. The van der Waals surface area contributed by atoms with Crippen LogP contribution in [0.4, 0.5) is 5.69 Å². The lowest BCUT2D eigenvalue weighted by molar-refractivity contribution is -0.116. The van der Waals surface area contributed by atoms with Gasteiger partial charge in [-0.1, -0.05) is 12.1 Å². The summed E-state index contributed by atoms with van der Waals surface area (Å²) in [5.74, 6) is 1.04. The first-order chi connectivity index (χ1) is 13.7. The Morgan fingerprint density at radius 3 is 2.79 bits per heavy atom. The van der Waals surface area contributed by atoms with E-state index in [1.807, 2.05) is 36.4 Å². The third kappa shape index (κ3) is 3.44. The maximum Gasteiger partial charge on any atom is 0.251 e. The van der Waals surface area contributed by atoms with Gasteiger partial charge in [-0.2, -0.15) is 0 Å². The van der Waals surface area contributed by atoms with Crippen LogP contribution >= 0.6 is 11.3 Å². The molecule has 1 aliphatic carbocycles. The van der Waals surface area contributed by atoms with Crippen molar-refractivity contribution >= 4 is 33.1 Å². The molecule has 1 fully saturated rings. The first kappa shape index (κ1) is 17.5. The van der Waals surface area contributed by atoms with Gasteiger partial charge in [0.05, 0.1) is 15.2 Å². The van der Waals surface area contributed by atoms with Crippen molar-refractivity contribution in [1.29, 1.82) is 0 Å². The molecule has 1 aromatic heterocycles. The van der Waals surface area contributed by atoms with Crippen LogP contribution in [0.5, 0.6) is 11.5 Å². The Kier molecular flexibility index (Phi) is 4.43. The minimum absolute atomic E-state index is 0.00977. The van der Waals surface area contributed by atoms with Gasteiger partial charge in [0.2, 0.25) is 5.91 Å². The van der Waals surface area contributed by atoms with E-state index < -0.39 is 5.79 Å². The molecule has 1 N–H and O–H groups in total. The Balaban J connectivity index is 1.15. The van der Waals surface area contributed by atoms with Crippen molar-refractivity contribution in [3.8, 4) is 11.5 Å². The summed E-state index contributed by atoms with van der Waals surface area (Å²) >= 11 is 1.70. The van der Waals surface area contributed by atoms with Crippen molar-refractivity contribution in [1.82, 2.24) is 4.98 Å². The van der Waals surface area contributed by atoms with E-state index in [9.17, 15) is 4.79 Å². The molecule has 0 unspecified atom stereocenters. The van der Waals surface area contributed by atoms with Crippen LogP contribution in [0.3, 0.4) is 0 Å². The van der Waals surface area contributed by atoms with Crippen LogP contribution < -0.4 is 14.8 Å². The third-order valence-corrected chi connectivity index (χ3v) is 6.41. The SMILES string of the molecule is O=C(CCCc1nc2ccccc2s1)Nc1ccc2c(c1)OC1(CCCC1)O2. The zero-order valence-electron chi connectivity index (χ0n) is 15.6. The summed E-state index contributed by atoms with van der Waals surface area (Å²) in [6, 6.07) is 13.8. The van der Waals surface area contributed by atoms with E-state index >= 15 is 0 Å². The lowest BCUT2D eigenvalue weighted by Gasteiger charge is -2.21. The maximum atomic E-state index is 12.3. The van der Waals surface area contributed by atoms with E-state index in [1.54, 1.807) is 11.3 Å². The Morgan fingerprint density at radius 2 is 1.93 bits per heavy atom. The number of fused-ring (bicyclic) bond motifs is 2. The fourth-order valence-electron chi connectivity index (χ4n) is 3.94. The molecule has 28 heavy (non-hydrogen) atoms. The number of rotatable bonds is 5. The zero-order valence-corrected chi connectivity index (χ0v) is 16.4. The molecule has 0 atom stereocenters. The van der Waals surface area contributed by atoms with Crippen molar-refractivity contribution in [3.63, 3.8) is 0 Å². The van der Waals surface area contributed by atoms with Crippen LogP contribution in [0, 0.1) is 0 Å². The predicted octanol–water partition coefficient (Wildman–Crippen LogP) is 5.30. The number of para-hydroxylation sites is 1. The van der Waals surface area contributed by atoms with E-state index in [0.717, 1.165) is 66.2 Å². The second-order valence-electron chi connectivity index (χ2n) is 7.46. The van der Waals surface area contributed by atoms with Crippen molar-refractivity contribution in [3.05, 3.63) is 47.5 Å². The summed E-state index contributed by atoms with van der Waals surface area (Å²) < 4.78 is 13.3. The topological polar surface area (TPSA) is 60.5 Å². The van der Waals surface area contributed by atoms with Crippen molar-refractivity contribution in [2.45, 2.75) is 50.7 Å². The highest BCUT2D eigenvalue weighted by Crippen LogP contribution is 2.47. The number of hydrogen-bond acceptors (Lipinski definition) is 5. The number of thiazole rings is 1. The number of ether oxygens (including phenoxy) is 2. The minimum atomic E-state index is -0.470. The van der Waals surface area contributed by atoms with E-state index in [1.165, 1.54) is 4.70 Å². The van der Waals surface area contributed by atoms with E-state index in [-0.39, 0.29) is 5.91 Å². The summed E-state index contributed by atoms with van der Waals surface area (Å²) in [4.78, 5) is 16.9. The van der Waals surface area contributed by atoms with Crippen LogP contribution in [0.1, 0.15) is 43.5 Å². The van der Waals surface area contributed by atoms with Crippen molar-refractivity contribution < 1.29 is 14.3 Å². The number of benzene rings is 2. The van der Waals surface area contributed by atoms with Gasteiger partial charge >= 0.3 is 0 Å². The van der Waals surface area contributed by atoms with Gasteiger partial charge in [-0.3, -0.25) is 4.79 Å². The van der Waals surface area contributed by atoms with Gasteiger partial charge in [-0.05, 0) is 49.9 Å². The third-order valence-electron chi connectivity index (χ3n) is 5.32.